The van der Waals surface area contributed by atoms with E-state index in [1.54, 1.807) is 6.20 Å². The number of aromatic amines is 1. The van der Waals surface area contributed by atoms with Crippen LogP contribution < -0.4 is 15.8 Å². The lowest BCUT2D eigenvalue weighted by Crippen LogP contribution is -3.12. The van der Waals surface area contributed by atoms with E-state index in [0.29, 0.717) is 11.3 Å². The van der Waals surface area contributed by atoms with E-state index >= 15 is 0 Å². The Hall–Kier alpha value is -1.99. The van der Waals surface area contributed by atoms with Crippen molar-refractivity contribution >= 4 is 18.0 Å². The summed E-state index contributed by atoms with van der Waals surface area (Å²) in [5.41, 5.74) is 1.77. The summed E-state index contributed by atoms with van der Waals surface area (Å²) in [5.74, 6) is 0.850. The molecule has 1 unspecified atom stereocenters. The van der Waals surface area contributed by atoms with Gasteiger partial charge in [0.25, 0.3) is 5.56 Å². The van der Waals surface area contributed by atoms with Crippen molar-refractivity contribution in [2.45, 2.75) is 32.9 Å². The zero-order valence-electron chi connectivity index (χ0n) is 13.3. The van der Waals surface area contributed by atoms with Gasteiger partial charge in [0.05, 0.1) is 13.1 Å². The third-order valence-electron chi connectivity index (χ3n) is 4.18. The zero-order valence-corrected chi connectivity index (χ0v) is 14.1. The number of rotatable bonds is 5. The number of nitrogens with one attached hydrogen (secondary N) is 3. The summed E-state index contributed by atoms with van der Waals surface area (Å²) in [6.45, 7) is 5.41. The number of H-pyrrole nitrogens is 1. The Morgan fingerprint density at radius 1 is 1.48 bits per heavy atom. The first kappa shape index (κ1) is 15.9. The van der Waals surface area contributed by atoms with Crippen LogP contribution in [-0.2, 0) is 13.1 Å². The zero-order chi connectivity index (χ0) is 16.2. The van der Waals surface area contributed by atoms with Gasteiger partial charge in [0.2, 0.25) is 0 Å². The van der Waals surface area contributed by atoms with E-state index in [0.717, 1.165) is 36.7 Å². The number of fused-ring (bicyclic) bond motifs is 1. The van der Waals surface area contributed by atoms with Crippen molar-refractivity contribution < 1.29 is 4.90 Å². The highest BCUT2D eigenvalue weighted by Crippen LogP contribution is 2.15. The van der Waals surface area contributed by atoms with Crippen LogP contribution >= 0.6 is 12.2 Å². The van der Waals surface area contributed by atoms with Gasteiger partial charge in [-0.1, -0.05) is 19.4 Å². The number of pyridine rings is 1. The van der Waals surface area contributed by atoms with Crippen molar-refractivity contribution in [3.63, 3.8) is 0 Å². The number of quaternary nitrogens is 1. The molecule has 0 spiro atoms. The largest absolute Gasteiger partial charge is 0.324 e. The number of nitrogens with zero attached hydrogens (tertiary/aromatic N) is 2. The smallest absolute Gasteiger partial charge is 0.262 e. The first-order chi connectivity index (χ1) is 11.2. The van der Waals surface area contributed by atoms with Gasteiger partial charge in [-0.3, -0.25) is 19.3 Å². The van der Waals surface area contributed by atoms with Gasteiger partial charge in [0, 0.05) is 12.4 Å². The quantitative estimate of drug-likeness (QED) is 0.712. The topological polar surface area (TPSA) is 67.2 Å². The van der Waals surface area contributed by atoms with E-state index in [1.165, 1.54) is 17.7 Å². The van der Waals surface area contributed by atoms with E-state index in [-0.39, 0.29) is 5.56 Å². The van der Waals surface area contributed by atoms with Gasteiger partial charge in [0.1, 0.15) is 17.9 Å². The molecule has 0 saturated heterocycles. The summed E-state index contributed by atoms with van der Waals surface area (Å²) in [7, 11) is 0. The highest BCUT2D eigenvalue weighted by molar-refractivity contribution is 7.71. The second-order valence-corrected chi connectivity index (χ2v) is 6.30. The van der Waals surface area contributed by atoms with E-state index in [4.69, 9.17) is 12.2 Å². The Morgan fingerprint density at radius 2 is 2.35 bits per heavy atom. The standard InChI is InChI=1S/C16H21N5OS/c1-2-3-7-20-10-13-14(18-11-20)21(16(23)19-15(13)22)9-12-5-4-6-17-8-12/h4-6,8,18H,2-3,7,9-11H2,1H3,(H,19,22,23)/p+1. The molecule has 0 aliphatic carbocycles. The Morgan fingerprint density at radius 3 is 3.09 bits per heavy atom. The Balaban J connectivity index is 1.93. The number of unbranched alkanes of at least 4 members (excludes halogenated alkanes) is 1. The number of hydrogen-bond donors (Lipinski definition) is 3. The molecule has 2 aromatic rings. The molecule has 23 heavy (non-hydrogen) atoms. The molecule has 0 fully saturated rings. The van der Waals surface area contributed by atoms with Crippen molar-refractivity contribution in [3.8, 4) is 0 Å². The van der Waals surface area contributed by atoms with Crippen LogP contribution in [0, 0.1) is 4.77 Å². The van der Waals surface area contributed by atoms with Crippen LogP contribution in [0.15, 0.2) is 29.3 Å². The molecule has 7 heteroatoms. The van der Waals surface area contributed by atoms with Gasteiger partial charge in [0.15, 0.2) is 11.4 Å². The van der Waals surface area contributed by atoms with Crippen LogP contribution in [0.4, 0.5) is 5.82 Å². The summed E-state index contributed by atoms with van der Waals surface area (Å²) in [6, 6.07) is 3.91. The van der Waals surface area contributed by atoms with Crippen LogP contribution in [0.1, 0.15) is 30.9 Å². The van der Waals surface area contributed by atoms with Gasteiger partial charge in [-0.2, -0.15) is 0 Å². The first-order valence-electron chi connectivity index (χ1n) is 8.01. The van der Waals surface area contributed by atoms with Crippen LogP contribution in [0.25, 0.3) is 0 Å². The monoisotopic (exact) mass is 332 g/mol. The molecular weight excluding hydrogens is 310 g/mol. The minimum Gasteiger partial charge on any atom is -0.324 e. The number of hydrogen-bond acceptors (Lipinski definition) is 4. The van der Waals surface area contributed by atoms with Crippen molar-refractivity contribution in [1.82, 2.24) is 14.5 Å². The molecular formula is C16H22N5OS+. The molecule has 0 saturated carbocycles. The lowest BCUT2D eigenvalue weighted by Gasteiger charge is -2.28. The molecule has 1 atom stereocenters. The predicted molar refractivity (Wildman–Crippen MR) is 92.2 cm³/mol. The molecule has 2 aromatic heterocycles. The van der Waals surface area contributed by atoms with Gasteiger partial charge in [-0.15, -0.1) is 0 Å². The fourth-order valence-electron chi connectivity index (χ4n) is 2.93. The molecule has 1 aliphatic heterocycles. The van der Waals surface area contributed by atoms with Crippen molar-refractivity contribution in [2.75, 3.05) is 18.5 Å². The van der Waals surface area contributed by atoms with Crippen LogP contribution in [0.5, 0.6) is 0 Å². The maximum atomic E-state index is 12.3. The average molecular weight is 332 g/mol. The summed E-state index contributed by atoms with van der Waals surface area (Å²) in [5, 5.41) is 3.41. The fraction of sp³-hybridized carbons (Fsp3) is 0.438. The third kappa shape index (κ3) is 3.51. The first-order valence-corrected chi connectivity index (χ1v) is 8.42. The molecule has 3 heterocycles. The summed E-state index contributed by atoms with van der Waals surface area (Å²) < 4.78 is 2.40. The van der Waals surface area contributed by atoms with Crippen LogP contribution in [-0.4, -0.2) is 27.7 Å². The van der Waals surface area contributed by atoms with Crippen LogP contribution in [0.3, 0.4) is 0 Å². The summed E-state index contributed by atoms with van der Waals surface area (Å²) in [6.07, 6.45) is 5.90. The molecule has 3 rings (SSSR count). The highest BCUT2D eigenvalue weighted by atomic mass is 32.1. The molecule has 122 valence electrons. The number of anilines is 1. The maximum absolute atomic E-state index is 12.3. The highest BCUT2D eigenvalue weighted by Gasteiger charge is 2.24. The summed E-state index contributed by atoms with van der Waals surface area (Å²) in [4.78, 5) is 20.6. The Labute approximate surface area is 140 Å². The summed E-state index contributed by atoms with van der Waals surface area (Å²) >= 11 is 5.36. The normalized spacial score (nSPS) is 16.7. The fourth-order valence-corrected chi connectivity index (χ4v) is 3.18. The van der Waals surface area contributed by atoms with Gasteiger partial charge >= 0.3 is 0 Å². The lowest BCUT2D eigenvalue weighted by atomic mass is 10.2. The number of aromatic nitrogens is 3. The predicted octanol–water partition coefficient (Wildman–Crippen LogP) is 0.917. The molecule has 0 aromatic carbocycles. The molecule has 0 radical (unpaired) electrons. The second-order valence-electron chi connectivity index (χ2n) is 5.92. The van der Waals surface area contributed by atoms with E-state index in [1.807, 2.05) is 22.9 Å². The molecule has 0 amide bonds. The molecule has 1 aliphatic rings. The van der Waals surface area contributed by atoms with E-state index in [9.17, 15) is 4.79 Å². The van der Waals surface area contributed by atoms with E-state index < -0.39 is 0 Å². The second kappa shape index (κ2) is 7.06. The lowest BCUT2D eigenvalue weighted by molar-refractivity contribution is -0.912. The Bertz CT molecular complexity index is 783. The SMILES string of the molecule is CCCC[NH+]1CNc2c(c(=O)[nH]c(=S)n2Cc2cccnc2)C1. The minimum atomic E-state index is -0.0753. The minimum absolute atomic E-state index is 0.0753. The molecule has 3 N–H and O–H groups in total. The maximum Gasteiger partial charge on any atom is 0.262 e. The average Bonchev–Trinajstić information content (AvgIpc) is 2.57. The van der Waals surface area contributed by atoms with Gasteiger partial charge in [-0.05, 0) is 30.3 Å². The van der Waals surface area contributed by atoms with Crippen molar-refractivity contribution in [1.29, 1.82) is 0 Å². The van der Waals surface area contributed by atoms with E-state index in [2.05, 4.69) is 22.2 Å². The van der Waals surface area contributed by atoms with Crippen molar-refractivity contribution in [2.24, 2.45) is 0 Å². The third-order valence-corrected chi connectivity index (χ3v) is 4.50. The Kier molecular flexibility index (Phi) is 4.88. The van der Waals surface area contributed by atoms with Crippen LogP contribution in [0.2, 0.25) is 0 Å². The molecule has 6 nitrogen and oxygen atoms in total. The van der Waals surface area contributed by atoms with Crippen molar-refractivity contribution in [3.05, 3.63) is 50.8 Å². The molecule has 0 bridgehead atoms. The van der Waals surface area contributed by atoms with Gasteiger partial charge < -0.3 is 10.2 Å². The van der Waals surface area contributed by atoms with Gasteiger partial charge in [-0.25, -0.2) is 0 Å².